The molecule has 1 N–H and O–H groups in total. The molecule has 1 aromatic carbocycles. The van der Waals surface area contributed by atoms with E-state index < -0.39 is 0 Å². The molecule has 8 nitrogen and oxygen atoms in total. The first-order valence-corrected chi connectivity index (χ1v) is 9.54. The molecule has 2 amide bonds. The minimum absolute atomic E-state index is 0.0994. The Morgan fingerprint density at radius 2 is 1.89 bits per heavy atom. The zero-order valence-corrected chi connectivity index (χ0v) is 15.6. The number of nitrogens with one attached hydrogen (secondary N) is 1. The van der Waals surface area contributed by atoms with E-state index in [-0.39, 0.29) is 17.6 Å². The zero-order valence-electron chi connectivity index (χ0n) is 14.8. The molecule has 3 aromatic rings. The number of carbonyl (C=O) groups is 2. The van der Waals surface area contributed by atoms with Crippen molar-refractivity contribution in [3.05, 3.63) is 52.0 Å². The lowest BCUT2D eigenvalue weighted by atomic mass is 10.2. The molecule has 0 atom stereocenters. The van der Waals surface area contributed by atoms with Gasteiger partial charge in [-0.05, 0) is 66.3 Å². The minimum Gasteiger partial charge on any atom is -0.336 e. The molecule has 3 heterocycles. The van der Waals surface area contributed by atoms with Gasteiger partial charge in [0.25, 0.3) is 17.6 Å². The largest absolute Gasteiger partial charge is 0.336 e. The zero-order chi connectivity index (χ0) is 18.8. The van der Waals surface area contributed by atoms with E-state index in [4.69, 9.17) is 0 Å². The summed E-state index contributed by atoms with van der Waals surface area (Å²) in [5, 5.41) is 16.8. The Morgan fingerprint density at radius 3 is 2.56 bits per heavy atom. The number of amides is 2. The fourth-order valence-electron chi connectivity index (χ4n) is 2.89. The van der Waals surface area contributed by atoms with Crippen LogP contribution in [0.25, 0.3) is 5.69 Å². The lowest BCUT2D eigenvalue weighted by Crippen LogP contribution is -2.28. The molecule has 0 spiro atoms. The summed E-state index contributed by atoms with van der Waals surface area (Å²) in [6.07, 6.45) is 2.02. The van der Waals surface area contributed by atoms with Gasteiger partial charge in [0.05, 0.1) is 10.6 Å². The number of tetrazole rings is 1. The molecule has 2 aromatic heterocycles. The Labute approximate surface area is 159 Å². The number of thiophene rings is 1. The van der Waals surface area contributed by atoms with Crippen molar-refractivity contribution in [2.75, 3.05) is 18.4 Å². The number of carbonyl (C=O) groups excluding carboxylic acids is 2. The topological polar surface area (TPSA) is 93.0 Å². The van der Waals surface area contributed by atoms with Crippen LogP contribution in [-0.2, 0) is 0 Å². The molecule has 0 unspecified atom stereocenters. The monoisotopic (exact) mass is 382 g/mol. The van der Waals surface area contributed by atoms with Gasteiger partial charge in [-0.3, -0.25) is 9.59 Å². The molecule has 1 aliphatic rings. The number of rotatable bonds is 4. The molecule has 1 saturated heterocycles. The number of anilines is 1. The maximum Gasteiger partial charge on any atom is 0.295 e. The van der Waals surface area contributed by atoms with Crippen LogP contribution in [0.3, 0.4) is 0 Å². The molecule has 0 bridgehead atoms. The van der Waals surface area contributed by atoms with E-state index in [9.17, 15) is 9.59 Å². The van der Waals surface area contributed by atoms with Crippen molar-refractivity contribution < 1.29 is 9.59 Å². The van der Waals surface area contributed by atoms with Crippen LogP contribution >= 0.6 is 11.3 Å². The van der Waals surface area contributed by atoms with E-state index in [1.807, 2.05) is 18.4 Å². The van der Waals surface area contributed by atoms with E-state index >= 15 is 0 Å². The highest BCUT2D eigenvalue weighted by Gasteiger charge is 2.23. The number of aromatic nitrogens is 4. The highest BCUT2D eigenvalue weighted by Crippen LogP contribution is 2.17. The van der Waals surface area contributed by atoms with Crippen molar-refractivity contribution in [2.45, 2.75) is 19.8 Å². The van der Waals surface area contributed by atoms with E-state index in [0.717, 1.165) is 31.5 Å². The van der Waals surface area contributed by atoms with Gasteiger partial charge < -0.3 is 10.2 Å². The van der Waals surface area contributed by atoms with Gasteiger partial charge >= 0.3 is 0 Å². The van der Waals surface area contributed by atoms with E-state index in [2.05, 4.69) is 20.7 Å². The molecule has 138 valence electrons. The first-order valence-electron chi connectivity index (χ1n) is 8.66. The summed E-state index contributed by atoms with van der Waals surface area (Å²) in [4.78, 5) is 28.2. The summed E-state index contributed by atoms with van der Waals surface area (Å²) in [6, 6.07) is 8.91. The Kier molecular flexibility index (Phi) is 4.68. The van der Waals surface area contributed by atoms with Crippen LogP contribution in [-0.4, -0.2) is 50.0 Å². The molecule has 9 heteroatoms. The van der Waals surface area contributed by atoms with Crippen LogP contribution in [0, 0.1) is 6.92 Å². The van der Waals surface area contributed by atoms with Crippen molar-refractivity contribution in [2.24, 2.45) is 0 Å². The summed E-state index contributed by atoms with van der Waals surface area (Å²) in [5.41, 5.74) is 2.40. The van der Waals surface area contributed by atoms with Crippen molar-refractivity contribution in [3.63, 3.8) is 0 Å². The lowest BCUT2D eigenvalue weighted by molar-refractivity contribution is 0.0780. The van der Waals surface area contributed by atoms with Gasteiger partial charge in [-0.2, -0.15) is 0 Å². The van der Waals surface area contributed by atoms with Gasteiger partial charge in [0.2, 0.25) is 0 Å². The third kappa shape index (κ3) is 3.72. The van der Waals surface area contributed by atoms with Crippen molar-refractivity contribution in [1.82, 2.24) is 25.1 Å². The highest BCUT2D eigenvalue weighted by molar-refractivity contribution is 7.12. The van der Waals surface area contributed by atoms with Crippen LogP contribution in [0.4, 0.5) is 5.69 Å². The van der Waals surface area contributed by atoms with Crippen LogP contribution in [0.2, 0.25) is 0 Å². The van der Waals surface area contributed by atoms with E-state index in [1.165, 1.54) is 16.1 Å². The number of hydrogen-bond donors (Lipinski definition) is 1. The SMILES string of the molecule is Cc1csc(C(=O)Nc2ccc(-n3nnc(C(=O)N4CCCC4)n3)cc2)c1. The van der Waals surface area contributed by atoms with Gasteiger partial charge in [0, 0.05) is 18.8 Å². The second-order valence-electron chi connectivity index (χ2n) is 6.39. The molecule has 4 rings (SSSR count). The van der Waals surface area contributed by atoms with Crippen LogP contribution in [0.15, 0.2) is 35.7 Å². The Hall–Kier alpha value is -3.07. The number of nitrogens with zero attached hydrogens (tertiary/aromatic N) is 5. The second kappa shape index (κ2) is 7.28. The Morgan fingerprint density at radius 1 is 1.15 bits per heavy atom. The molecular weight excluding hydrogens is 364 g/mol. The van der Waals surface area contributed by atoms with Gasteiger partial charge in [0.15, 0.2) is 0 Å². The summed E-state index contributed by atoms with van der Waals surface area (Å²) < 4.78 is 0. The third-order valence-electron chi connectivity index (χ3n) is 4.31. The maximum atomic E-state index is 12.3. The van der Waals surface area contributed by atoms with Gasteiger partial charge in [0.1, 0.15) is 0 Å². The molecule has 0 radical (unpaired) electrons. The van der Waals surface area contributed by atoms with Gasteiger partial charge in [-0.1, -0.05) is 0 Å². The average Bonchev–Trinajstić information content (AvgIpc) is 3.43. The van der Waals surface area contributed by atoms with Gasteiger partial charge in [-0.25, -0.2) is 0 Å². The average molecular weight is 382 g/mol. The highest BCUT2D eigenvalue weighted by atomic mass is 32.1. The number of hydrogen-bond acceptors (Lipinski definition) is 6. The Bertz CT molecular complexity index is 972. The summed E-state index contributed by atoms with van der Waals surface area (Å²) in [7, 11) is 0. The van der Waals surface area contributed by atoms with Crippen molar-refractivity contribution >= 4 is 28.8 Å². The first kappa shape index (κ1) is 17.3. The Balaban J connectivity index is 1.44. The number of likely N-dealkylation sites (tertiary alicyclic amines) is 1. The summed E-state index contributed by atoms with van der Waals surface area (Å²) >= 11 is 1.41. The number of benzene rings is 1. The predicted molar refractivity (Wildman–Crippen MR) is 101 cm³/mol. The van der Waals surface area contributed by atoms with Crippen molar-refractivity contribution in [1.29, 1.82) is 0 Å². The standard InChI is InChI=1S/C18H18N6O2S/c1-12-10-15(27-11-12)17(25)19-13-4-6-14(7-5-13)24-21-16(20-22-24)18(26)23-8-2-3-9-23/h4-7,10-11H,2-3,8-9H2,1H3,(H,19,25). The quantitative estimate of drug-likeness (QED) is 0.748. The number of aryl methyl sites for hydroxylation is 1. The van der Waals surface area contributed by atoms with E-state index in [1.54, 1.807) is 29.2 Å². The summed E-state index contributed by atoms with van der Waals surface area (Å²) in [5.74, 6) is -0.227. The fraction of sp³-hybridized carbons (Fsp3) is 0.278. The van der Waals surface area contributed by atoms with Crippen LogP contribution < -0.4 is 5.32 Å². The normalized spacial score (nSPS) is 13.7. The smallest absolute Gasteiger partial charge is 0.295 e. The second-order valence-corrected chi connectivity index (χ2v) is 7.30. The van der Waals surface area contributed by atoms with Gasteiger partial charge in [-0.15, -0.1) is 26.3 Å². The van der Waals surface area contributed by atoms with E-state index in [0.29, 0.717) is 16.3 Å². The fourth-order valence-corrected chi connectivity index (χ4v) is 3.69. The van der Waals surface area contributed by atoms with Crippen LogP contribution in [0.1, 0.15) is 38.7 Å². The first-order chi connectivity index (χ1) is 13.1. The van der Waals surface area contributed by atoms with Crippen LogP contribution in [0.5, 0.6) is 0 Å². The third-order valence-corrected chi connectivity index (χ3v) is 5.36. The molecule has 1 fully saturated rings. The minimum atomic E-state index is -0.186. The molecule has 27 heavy (non-hydrogen) atoms. The lowest BCUT2D eigenvalue weighted by Gasteiger charge is -2.11. The molecule has 1 aliphatic heterocycles. The predicted octanol–water partition coefficient (Wildman–Crippen LogP) is 2.52. The summed E-state index contributed by atoms with van der Waals surface area (Å²) in [6.45, 7) is 3.44. The molecule has 0 saturated carbocycles. The molecule has 0 aliphatic carbocycles. The molecular formula is C18H18N6O2S. The maximum absolute atomic E-state index is 12.3. The van der Waals surface area contributed by atoms with Crippen molar-refractivity contribution in [3.8, 4) is 5.69 Å².